The second kappa shape index (κ2) is 7.17. The Bertz CT molecular complexity index is 1080. The maximum atomic E-state index is 13.2. The van der Waals surface area contributed by atoms with Crippen molar-refractivity contribution < 1.29 is 14.4 Å². The molecule has 3 amide bonds. The smallest absolute Gasteiger partial charge is 0.262 e. The Kier molecular flexibility index (Phi) is 4.67. The first-order valence-corrected chi connectivity index (χ1v) is 9.44. The number of imide groups is 1. The molecular formula is C20H21N5O4. The maximum Gasteiger partial charge on any atom is 0.262 e. The van der Waals surface area contributed by atoms with Crippen molar-refractivity contribution in [3.63, 3.8) is 0 Å². The van der Waals surface area contributed by atoms with Crippen molar-refractivity contribution in [2.45, 2.75) is 6.92 Å². The SMILES string of the molecule is CCN1CCN(C(=O)c2ccccc2-n2c(N)c3c(cc2=O)C(=O)NC3=O)CC1. The van der Waals surface area contributed by atoms with Gasteiger partial charge in [0.1, 0.15) is 5.82 Å². The number of para-hydroxylation sites is 1. The molecule has 1 saturated heterocycles. The number of pyridine rings is 1. The zero-order valence-electron chi connectivity index (χ0n) is 16.0. The predicted octanol–water partition coefficient (Wildman–Crippen LogP) is 0.0810. The summed E-state index contributed by atoms with van der Waals surface area (Å²) in [5.41, 5.74) is 6.05. The van der Waals surface area contributed by atoms with Crippen LogP contribution in [0.5, 0.6) is 0 Å². The number of piperazine rings is 1. The van der Waals surface area contributed by atoms with Crippen molar-refractivity contribution >= 4 is 23.5 Å². The van der Waals surface area contributed by atoms with E-state index in [1.54, 1.807) is 29.2 Å². The number of likely N-dealkylation sites (N-methyl/N-ethyl adjacent to an activating group) is 1. The van der Waals surface area contributed by atoms with Crippen molar-refractivity contribution in [2.75, 3.05) is 38.5 Å². The summed E-state index contributed by atoms with van der Waals surface area (Å²) in [7, 11) is 0. The number of carbonyl (C=O) groups is 3. The summed E-state index contributed by atoms with van der Waals surface area (Å²) in [5.74, 6) is -1.68. The monoisotopic (exact) mass is 395 g/mol. The number of carbonyl (C=O) groups excluding carboxylic acids is 3. The molecule has 0 aliphatic carbocycles. The third-order valence-corrected chi connectivity index (χ3v) is 5.44. The molecule has 0 unspecified atom stereocenters. The highest BCUT2D eigenvalue weighted by molar-refractivity contribution is 6.23. The van der Waals surface area contributed by atoms with Gasteiger partial charge in [0.25, 0.3) is 23.3 Å². The Morgan fingerprint density at radius 3 is 2.45 bits per heavy atom. The van der Waals surface area contributed by atoms with E-state index in [-0.39, 0.29) is 28.5 Å². The van der Waals surface area contributed by atoms with Gasteiger partial charge in [-0.05, 0) is 18.7 Å². The molecule has 1 fully saturated rings. The van der Waals surface area contributed by atoms with Gasteiger partial charge in [-0.3, -0.25) is 29.1 Å². The van der Waals surface area contributed by atoms with Crippen LogP contribution in [0.2, 0.25) is 0 Å². The quantitative estimate of drug-likeness (QED) is 0.711. The molecule has 29 heavy (non-hydrogen) atoms. The summed E-state index contributed by atoms with van der Waals surface area (Å²) >= 11 is 0. The average molecular weight is 395 g/mol. The zero-order valence-corrected chi connectivity index (χ0v) is 16.0. The first kappa shape index (κ1) is 18.9. The summed E-state index contributed by atoms with van der Waals surface area (Å²) in [6, 6.07) is 7.71. The van der Waals surface area contributed by atoms with Gasteiger partial charge in [0, 0.05) is 32.2 Å². The van der Waals surface area contributed by atoms with Gasteiger partial charge in [-0.2, -0.15) is 0 Å². The molecule has 0 saturated carbocycles. The van der Waals surface area contributed by atoms with Gasteiger partial charge in [-0.25, -0.2) is 0 Å². The van der Waals surface area contributed by atoms with Gasteiger partial charge < -0.3 is 15.5 Å². The molecule has 0 atom stereocenters. The number of benzene rings is 1. The van der Waals surface area contributed by atoms with E-state index in [1.165, 1.54) is 0 Å². The average Bonchev–Trinajstić information content (AvgIpc) is 3.01. The summed E-state index contributed by atoms with van der Waals surface area (Å²) in [5, 5.41) is 2.14. The third-order valence-electron chi connectivity index (χ3n) is 5.44. The Balaban J connectivity index is 1.78. The Morgan fingerprint density at radius 1 is 1.07 bits per heavy atom. The Morgan fingerprint density at radius 2 is 1.76 bits per heavy atom. The van der Waals surface area contributed by atoms with Crippen LogP contribution in [0.3, 0.4) is 0 Å². The normalized spacial score (nSPS) is 16.7. The van der Waals surface area contributed by atoms with Gasteiger partial charge in [0.05, 0.1) is 22.4 Å². The molecule has 3 N–H and O–H groups in total. The number of nitrogens with one attached hydrogen (secondary N) is 1. The number of amides is 3. The molecule has 9 heteroatoms. The fraction of sp³-hybridized carbons (Fsp3) is 0.300. The van der Waals surface area contributed by atoms with Crippen LogP contribution >= 0.6 is 0 Å². The topological polar surface area (TPSA) is 118 Å². The first-order valence-electron chi connectivity index (χ1n) is 9.44. The van der Waals surface area contributed by atoms with Crippen molar-refractivity contribution in [1.29, 1.82) is 0 Å². The second-order valence-electron chi connectivity index (χ2n) is 7.02. The van der Waals surface area contributed by atoms with Crippen LogP contribution in [0, 0.1) is 0 Å². The van der Waals surface area contributed by atoms with Crippen molar-refractivity contribution in [1.82, 2.24) is 19.7 Å². The van der Waals surface area contributed by atoms with Crippen molar-refractivity contribution in [3.8, 4) is 5.69 Å². The minimum atomic E-state index is -0.657. The van der Waals surface area contributed by atoms with E-state index in [2.05, 4.69) is 17.1 Å². The molecular weight excluding hydrogens is 374 g/mol. The molecule has 2 aliphatic heterocycles. The summed E-state index contributed by atoms with van der Waals surface area (Å²) in [6.07, 6.45) is 0. The molecule has 4 rings (SSSR count). The van der Waals surface area contributed by atoms with E-state index < -0.39 is 17.4 Å². The van der Waals surface area contributed by atoms with Crippen LogP contribution in [0.4, 0.5) is 5.82 Å². The molecule has 0 radical (unpaired) electrons. The minimum Gasteiger partial charge on any atom is -0.384 e. The lowest BCUT2D eigenvalue weighted by atomic mass is 10.1. The van der Waals surface area contributed by atoms with E-state index in [1.807, 2.05) is 0 Å². The molecule has 2 aliphatic rings. The highest BCUT2D eigenvalue weighted by Crippen LogP contribution is 2.25. The molecule has 3 heterocycles. The van der Waals surface area contributed by atoms with Gasteiger partial charge >= 0.3 is 0 Å². The van der Waals surface area contributed by atoms with Crippen LogP contribution in [-0.2, 0) is 0 Å². The predicted molar refractivity (Wildman–Crippen MR) is 106 cm³/mol. The standard InChI is InChI=1S/C20H21N5O4/c1-2-23-7-9-24(10-8-23)20(29)12-5-3-4-6-14(12)25-15(26)11-13-16(17(25)21)19(28)22-18(13)27/h3-6,11H,2,7-10,21H2,1H3,(H,22,27,28). The number of anilines is 1. The van der Waals surface area contributed by atoms with Crippen LogP contribution in [0.1, 0.15) is 38.0 Å². The summed E-state index contributed by atoms with van der Waals surface area (Å²) in [6.45, 7) is 5.76. The molecule has 1 aromatic heterocycles. The van der Waals surface area contributed by atoms with Gasteiger partial charge in [-0.15, -0.1) is 0 Å². The van der Waals surface area contributed by atoms with Crippen LogP contribution in [0.25, 0.3) is 5.69 Å². The first-order chi connectivity index (χ1) is 13.9. The number of aromatic nitrogens is 1. The number of nitrogen functional groups attached to an aromatic ring is 1. The van der Waals surface area contributed by atoms with Crippen LogP contribution in [-0.4, -0.2) is 64.8 Å². The molecule has 0 bridgehead atoms. The van der Waals surface area contributed by atoms with Crippen LogP contribution in [0.15, 0.2) is 35.1 Å². The lowest BCUT2D eigenvalue weighted by Crippen LogP contribution is -2.48. The molecule has 9 nitrogen and oxygen atoms in total. The largest absolute Gasteiger partial charge is 0.384 e. The molecule has 1 aromatic carbocycles. The van der Waals surface area contributed by atoms with Gasteiger partial charge in [-0.1, -0.05) is 19.1 Å². The number of hydrogen-bond donors (Lipinski definition) is 2. The number of nitrogens with zero attached hydrogens (tertiary/aromatic N) is 3. The Hall–Kier alpha value is -3.46. The van der Waals surface area contributed by atoms with Crippen molar-refractivity contribution in [2.24, 2.45) is 0 Å². The van der Waals surface area contributed by atoms with Crippen LogP contribution < -0.4 is 16.6 Å². The lowest BCUT2D eigenvalue weighted by Gasteiger charge is -2.34. The van der Waals surface area contributed by atoms with Crippen molar-refractivity contribution in [3.05, 3.63) is 57.4 Å². The number of rotatable bonds is 3. The minimum absolute atomic E-state index is 0.0478. The number of nitrogens with two attached hydrogens (primary N) is 1. The fourth-order valence-electron chi connectivity index (χ4n) is 3.81. The zero-order chi connectivity index (χ0) is 20.7. The maximum absolute atomic E-state index is 13.2. The van der Waals surface area contributed by atoms with E-state index in [9.17, 15) is 19.2 Å². The lowest BCUT2D eigenvalue weighted by molar-refractivity contribution is 0.0643. The summed E-state index contributed by atoms with van der Waals surface area (Å²) in [4.78, 5) is 53.9. The number of fused-ring (bicyclic) bond motifs is 1. The van der Waals surface area contributed by atoms with E-state index in [0.29, 0.717) is 18.7 Å². The number of hydrogen-bond acceptors (Lipinski definition) is 6. The third kappa shape index (κ3) is 3.09. The molecule has 0 spiro atoms. The second-order valence-corrected chi connectivity index (χ2v) is 7.02. The molecule has 2 aromatic rings. The Labute approximate surface area is 166 Å². The fourth-order valence-corrected chi connectivity index (χ4v) is 3.81. The highest BCUT2D eigenvalue weighted by Gasteiger charge is 2.33. The van der Waals surface area contributed by atoms with E-state index >= 15 is 0 Å². The van der Waals surface area contributed by atoms with Gasteiger partial charge in [0.15, 0.2) is 0 Å². The van der Waals surface area contributed by atoms with E-state index in [4.69, 9.17) is 5.73 Å². The molecule has 150 valence electrons. The summed E-state index contributed by atoms with van der Waals surface area (Å²) < 4.78 is 1.12. The van der Waals surface area contributed by atoms with Gasteiger partial charge in [0.2, 0.25) is 0 Å². The highest BCUT2D eigenvalue weighted by atomic mass is 16.2. The van der Waals surface area contributed by atoms with E-state index in [0.717, 1.165) is 30.3 Å².